The Morgan fingerprint density at radius 3 is 2.71 bits per heavy atom. The molecule has 0 fully saturated rings. The first kappa shape index (κ1) is 5.18. The Hall–Kier alpha value is 0.0400. The second-order valence-electron chi connectivity index (χ2n) is 0.852. The van der Waals surface area contributed by atoms with Crippen LogP contribution in [0.2, 0.25) is 0 Å². The minimum atomic E-state index is -0.452. The van der Waals surface area contributed by atoms with Crippen molar-refractivity contribution in [3.63, 3.8) is 0 Å². The second-order valence-corrected chi connectivity index (χ2v) is 3.12. The van der Waals surface area contributed by atoms with Crippen LogP contribution in [0.25, 0.3) is 0 Å². The molecule has 7 heavy (non-hydrogen) atoms. The van der Waals surface area contributed by atoms with Gasteiger partial charge in [0, 0.05) is 0 Å². The molecule has 37 valence electrons. The van der Waals surface area contributed by atoms with Gasteiger partial charge in [0.2, 0.25) is 0 Å². The van der Waals surface area contributed by atoms with Gasteiger partial charge in [-0.2, -0.15) is 4.39 Å². The third kappa shape index (κ3) is 1.21. The molecule has 0 aliphatic carbocycles. The van der Waals surface area contributed by atoms with Gasteiger partial charge < -0.3 is 0 Å². The molecule has 0 spiro atoms. The van der Waals surface area contributed by atoms with Crippen molar-refractivity contribution in [1.82, 2.24) is 4.98 Å². The number of hydrogen-bond donors (Lipinski definition) is 0. The zero-order valence-electron chi connectivity index (χ0n) is 3.11. The van der Waals surface area contributed by atoms with Gasteiger partial charge in [-0.3, -0.25) is 0 Å². The molecule has 0 saturated heterocycles. The predicted octanol–water partition coefficient (Wildman–Crippen LogP) is 1.84. The summed E-state index contributed by atoms with van der Waals surface area (Å²) in [5.41, 5.74) is 0. The third-order valence-corrected chi connectivity index (χ3v) is 1.60. The Kier molecular flexibility index (Phi) is 1.39. The summed E-state index contributed by atoms with van der Waals surface area (Å²) in [4.78, 5) is 3.20. The Balaban J connectivity index is 3.04. The van der Waals surface area contributed by atoms with E-state index < -0.39 is 5.26 Å². The van der Waals surface area contributed by atoms with Crippen LogP contribution in [0.15, 0.2) is 3.79 Å². The van der Waals surface area contributed by atoms with E-state index in [1.807, 2.05) is 0 Å². The van der Waals surface area contributed by atoms with E-state index in [0.29, 0.717) is 3.79 Å². The summed E-state index contributed by atoms with van der Waals surface area (Å²) in [5, 5.41) is -0.452. The molecule has 1 aromatic rings. The van der Waals surface area contributed by atoms with Gasteiger partial charge in [0.25, 0.3) is 5.26 Å². The molecule has 0 aliphatic heterocycles. The van der Waals surface area contributed by atoms with Gasteiger partial charge >= 0.3 is 0 Å². The summed E-state index contributed by atoms with van der Waals surface area (Å²) in [7, 11) is 0. The normalized spacial score (nSPS) is 9.43. The molecule has 1 nitrogen and oxygen atoms in total. The highest BCUT2D eigenvalue weighted by molar-refractivity contribution is 9.11. The Morgan fingerprint density at radius 1 is 1.86 bits per heavy atom. The molecule has 0 N–H and O–H groups in total. The van der Waals surface area contributed by atoms with Crippen LogP contribution in [0.5, 0.6) is 0 Å². The zero-order chi connectivity index (χ0) is 5.28. The molecule has 1 heterocycles. The van der Waals surface area contributed by atoms with Crippen molar-refractivity contribution in [3.8, 4) is 0 Å². The number of halogens is 2. The Morgan fingerprint density at radius 2 is 2.57 bits per heavy atom. The molecule has 1 radical (unpaired) electrons. The fourth-order valence-electron chi connectivity index (χ4n) is 0.207. The van der Waals surface area contributed by atoms with Gasteiger partial charge in [-0.05, 0) is 15.9 Å². The molecule has 0 bridgehead atoms. The van der Waals surface area contributed by atoms with E-state index in [1.165, 1.54) is 0 Å². The fourth-order valence-corrected chi connectivity index (χ4v) is 1.03. The highest BCUT2D eigenvalue weighted by atomic mass is 79.9. The lowest BCUT2D eigenvalue weighted by atomic mass is 11.0. The summed E-state index contributed by atoms with van der Waals surface area (Å²) in [5.74, 6) is 0. The first-order valence-electron chi connectivity index (χ1n) is 1.48. The lowest BCUT2D eigenvalue weighted by Crippen LogP contribution is -1.58. The quantitative estimate of drug-likeness (QED) is 0.595. The number of rotatable bonds is 0. The van der Waals surface area contributed by atoms with E-state index in [2.05, 4.69) is 27.1 Å². The molecule has 0 aromatic carbocycles. The number of aromatic nitrogens is 1. The number of thiazole rings is 1. The van der Waals surface area contributed by atoms with Gasteiger partial charge in [0.15, 0.2) is 0 Å². The van der Waals surface area contributed by atoms with Crippen molar-refractivity contribution in [3.05, 3.63) is 15.2 Å². The maximum absolute atomic E-state index is 11.8. The van der Waals surface area contributed by atoms with E-state index in [1.54, 1.807) is 0 Å². The van der Waals surface area contributed by atoms with E-state index in [4.69, 9.17) is 0 Å². The van der Waals surface area contributed by atoms with Crippen molar-refractivity contribution in [2.24, 2.45) is 0 Å². The van der Waals surface area contributed by atoms with Crippen molar-refractivity contribution >= 4 is 27.3 Å². The van der Waals surface area contributed by atoms with Crippen molar-refractivity contribution in [2.75, 3.05) is 0 Å². The van der Waals surface area contributed by atoms with Crippen LogP contribution in [0.3, 0.4) is 0 Å². The molecule has 1 rings (SSSR count). The Bertz CT molecular complexity index is 147. The largest absolute Gasteiger partial charge is 0.270 e. The Labute approximate surface area is 52.3 Å². The molecule has 0 unspecified atom stereocenters. The molecule has 0 amide bonds. The lowest BCUT2D eigenvalue weighted by Gasteiger charge is -1.62. The SMILES string of the molecule is Fc1n[c]c(Br)s1. The van der Waals surface area contributed by atoms with E-state index in [9.17, 15) is 4.39 Å². The third-order valence-electron chi connectivity index (χ3n) is 0.406. The first-order valence-corrected chi connectivity index (χ1v) is 3.09. The topological polar surface area (TPSA) is 12.9 Å². The summed E-state index contributed by atoms with van der Waals surface area (Å²) in [6, 6.07) is 0. The van der Waals surface area contributed by atoms with E-state index in [0.717, 1.165) is 11.3 Å². The summed E-state index contributed by atoms with van der Waals surface area (Å²) < 4.78 is 12.4. The highest BCUT2D eigenvalue weighted by Gasteiger charge is 1.93. The summed E-state index contributed by atoms with van der Waals surface area (Å²) in [6.45, 7) is 0. The van der Waals surface area contributed by atoms with Crippen LogP contribution in [0.4, 0.5) is 4.39 Å². The van der Waals surface area contributed by atoms with E-state index in [-0.39, 0.29) is 0 Å². The minimum absolute atomic E-state index is 0.452. The van der Waals surface area contributed by atoms with Crippen LogP contribution >= 0.6 is 27.3 Å². The fraction of sp³-hybridized carbons (Fsp3) is 0. The highest BCUT2D eigenvalue weighted by Crippen LogP contribution is 2.15. The monoisotopic (exact) mass is 180 g/mol. The zero-order valence-corrected chi connectivity index (χ0v) is 5.51. The molecular formula is C3BrFNS. The minimum Gasteiger partial charge on any atom is -0.206 e. The van der Waals surface area contributed by atoms with Crippen LogP contribution in [-0.4, -0.2) is 4.98 Å². The van der Waals surface area contributed by atoms with E-state index >= 15 is 0 Å². The molecule has 1 aromatic heterocycles. The molecule has 4 heteroatoms. The summed E-state index contributed by atoms with van der Waals surface area (Å²) in [6.07, 6.45) is 2.38. The van der Waals surface area contributed by atoms with Gasteiger partial charge in [0.1, 0.15) is 9.98 Å². The van der Waals surface area contributed by atoms with Gasteiger partial charge in [0.05, 0.1) is 0 Å². The summed E-state index contributed by atoms with van der Waals surface area (Å²) >= 11 is 3.92. The van der Waals surface area contributed by atoms with Crippen molar-refractivity contribution < 1.29 is 4.39 Å². The predicted molar refractivity (Wildman–Crippen MR) is 28.6 cm³/mol. The molecule has 0 atom stereocenters. The maximum atomic E-state index is 11.8. The average molecular weight is 181 g/mol. The molecule has 0 aliphatic rings. The van der Waals surface area contributed by atoms with Crippen molar-refractivity contribution in [1.29, 1.82) is 0 Å². The van der Waals surface area contributed by atoms with Gasteiger partial charge in [-0.15, -0.1) is 0 Å². The maximum Gasteiger partial charge on any atom is 0.270 e. The van der Waals surface area contributed by atoms with Crippen molar-refractivity contribution in [2.45, 2.75) is 0 Å². The average Bonchev–Trinajstić information content (AvgIpc) is 1.87. The molecular weight excluding hydrogens is 181 g/mol. The van der Waals surface area contributed by atoms with Crippen LogP contribution in [0, 0.1) is 11.5 Å². The van der Waals surface area contributed by atoms with Crippen LogP contribution in [-0.2, 0) is 0 Å². The van der Waals surface area contributed by atoms with Gasteiger partial charge in [-0.1, -0.05) is 11.3 Å². The standard InChI is InChI=1S/C3BrFNS/c4-2-1-6-3(5)7-2. The lowest BCUT2D eigenvalue weighted by molar-refractivity contribution is 0.616. The molecule has 0 saturated carbocycles. The number of hydrogen-bond acceptors (Lipinski definition) is 2. The van der Waals surface area contributed by atoms with Crippen LogP contribution in [0.1, 0.15) is 0 Å². The smallest absolute Gasteiger partial charge is 0.206 e. The number of nitrogens with zero attached hydrogens (tertiary/aromatic N) is 1. The van der Waals surface area contributed by atoms with Crippen LogP contribution < -0.4 is 0 Å². The first-order chi connectivity index (χ1) is 3.29. The second kappa shape index (κ2) is 1.88. The van der Waals surface area contributed by atoms with Gasteiger partial charge in [-0.25, -0.2) is 4.98 Å².